The zero-order chi connectivity index (χ0) is 21.9. The monoisotopic (exact) mass is 493 g/mol. The quantitative estimate of drug-likeness (QED) is 0.162. The number of aliphatic hydroxyl groups is 1. The minimum absolute atomic E-state index is 0. The second-order valence-corrected chi connectivity index (χ2v) is 5.14. The first-order chi connectivity index (χ1) is 13.8. The second kappa shape index (κ2) is 21.8. The van der Waals surface area contributed by atoms with Crippen LogP contribution in [0.15, 0.2) is 48.8 Å². The summed E-state index contributed by atoms with van der Waals surface area (Å²) >= 11 is 0. The molecular weight excluding hydrogens is 470 g/mol. The first-order valence-corrected chi connectivity index (χ1v) is 8.19. The molecule has 31 heavy (non-hydrogen) atoms. The van der Waals surface area contributed by atoms with E-state index in [-0.39, 0.29) is 29.2 Å². The Morgan fingerprint density at radius 1 is 0.871 bits per heavy atom. The van der Waals surface area contributed by atoms with Crippen LogP contribution < -0.4 is 0 Å². The number of nitrogens with zero attached hydrogens (tertiary/aromatic N) is 5. The maximum absolute atomic E-state index is 8.74. The van der Waals surface area contributed by atoms with Crippen LogP contribution in [0.5, 0.6) is 0 Å². The summed E-state index contributed by atoms with van der Waals surface area (Å²) in [5.41, 5.74) is 2.05. The Morgan fingerprint density at radius 3 is 1.61 bits per heavy atom. The van der Waals surface area contributed by atoms with E-state index < -0.39 is 10.2 Å². The molecule has 0 fully saturated rings. The van der Waals surface area contributed by atoms with Crippen molar-refractivity contribution in [3.8, 4) is 0 Å². The Hall–Kier alpha value is -2.94. The molecule has 4 N–H and O–H groups in total. The number of hydrogen-bond acceptors (Lipinski definition) is 11. The SMILES string of the molecule is O=[N+]([O-])[O-].O=[N+]([O-])[O-].OCCOCCN(Cc1ccccn1)Cc1ccccn1.[Cu+2].[OH3+]. The van der Waals surface area contributed by atoms with Crippen LogP contribution in [0.4, 0.5) is 0 Å². The summed E-state index contributed by atoms with van der Waals surface area (Å²) in [7, 11) is 0. The number of ether oxygens (including phenoxy) is 1. The summed E-state index contributed by atoms with van der Waals surface area (Å²) in [5.74, 6) is 0. The molecule has 0 aliphatic carbocycles. The smallest absolute Gasteiger partial charge is 0.457 e. The zero-order valence-corrected chi connectivity index (χ0v) is 17.2. The molecule has 0 atom stereocenters. The summed E-state index contributed by atoms with van der Waals surface area (Å²) < 4.78 is 5.36. The van der Waals surface area contributed by atoms with Gasteiger partial charge in [-0.05, 0) is 24.3 Å². The van der Waals surface area contributed by atoms with Crippen molar-refractivity contribution in [3.63, 3.8) is 0 Å². The van der Waals surface area contributed by atoms with Gasteiger partial charge in [0.25, 0.3) is 0 Å². The molecule has 2 aromatic heterocycles. The van der Waals surface area contributed by atoms with Crippen LogP contribution in [0.3, 0.4) is 0 Å². The van der Waals surface area contributed by atoms with Gasteiger partial charge in [-0.15, -0.1) is 0 Å². The predicted octanol–water partition coefficient (Wildman–Crippen LogP) is 0.0851. The van der Waals surface area contributed by atoms with Gasteiger partial charge >= 0.3 is 17.1 Å². The van der Waals surface area contributed by atoms with Gasteiger partial charge in [-0.25, -0.2) is 0 Å². The minimum atomic E-state index is -1.75. The van der Waals surface area contributed by atoms with E-state index in [1.807, 2.05) is 36.4 Å². The molecular formula is C16H24CuN5O9+. The molecule has 0 aromatic carbocycles. The first kappa shape index (κ1) is 32.7. The third-order valence-corrected chi connectivity index (χ3v) is 3.01. The Labute approximate surface area is 188 Å². The van der Waals surface area contributed by atoms with Crippen molar-refractivity contribution in [1.82, 2.24) is 14.9 Å². The Morgan fingerprint density at radius 2 is 1.29 bits per heavy atom. The summed E-state index contributed by atoms with van der Waals surface area (Å²) in [6.45, 7) is 3.29. The summed E-state index contributed by atoms with van der Waals surface area (Å²) in [5, 5.41) is 38.2. The van der Waals surface area contributed by atoms with E-state index in [0.29, 0.717) is 13.2 Å². The van der Waals surface area contributed by atoms with Gasteiger partial charge < -0.3 is 46.0 Å². The van der Waals surface area contributed by atoms with Crippen molar-refractivity contribution >= 4 is 0 Å². The normalized spacial score (nSPS) is 8.97. The molecule has 0 amide bonds. The van der Waals surface area contributed by atoms with Crippen molar-refractivity contribution in [2.24, 2.45) is 0 Å². The molecule has 0 bridgehead atoms. The van der Waals surface area contributed by atoms with Crippen LogP contribution in [-0.4, -0.2) is 56.5 Å². The third kappa shape index (κ3) is 23.2. The molecule has 0 unspecified atom stereocenters. The van der Waals surface area contributed by atoms with Crippen molar-refractivity contribution < 1.29 is 42.6 Å². The molecule has 0 saturated carbocycles. The van der Waals surface area contributed by atoms with Gasteiger partial charge in [-0.3, -0.25) is 14.9 Å². The van der Waals surface area contributed by atoms with Gasteiger partial charge in [0, 0.05) is 32.0 Å². The molecule has 1 radical (unpaired) electrons. The van der Waals surface area contributed by atoms with E-state index in [1.165, 1.54) is 0 Å². The van der Waals surface area contributed by atoms with E-state index in [9.17, 15) is 0 Å². The summed E-state index contributed by atoms with van der Waals surface area (Å²) in [4.78, 5) is 27.5. The topological polar surface area (TPSA) is 224 Å². The van der Waals surface area contributed by atoms with Crippen LogP contribution in [0.25, 0.3) is 0 Å². The van der Waals surface area contributed by atoms with E-state index in [0.717, 1.165) is 31.0 Å². The molecule has 14 nitrogen and oxygen atoms in total. The minimum Gasteiger partial charge on any atom is -0.457 e. The van der Waals surface area contributed by atoms with Crippen LogP contribution in [0.1, 0.15) is 11.4 Å². The van der Waals surface area contributed by atoms with Gasteiger partial charge in [0.15, 0.2) is 0 Å². The molecule has 15 heteroatoms. The van der Waals surface area contributed by atoms with Gasteiger partial charge in [0.05, 0.1) is 41.4 Å². The average molecular weight is 494 g/mol. The second-order valence-electron chi connectivity index (χ2n) is 5.14. The fraction of sp³-hybridized carbons (Fsp3) is 0.375. The molecule has 0 aliphatic rings. The number of hydrogen-bond donors (Lipinski definition) is 1. The Balaban J connectivity index is -0.000000678. The van der Waals surface area contributed by atoms with E-state index in [2.05, 4.69) is 14.9 Å². The fourth-order valence-corrected chi connectivity index (χ4v) is 2.02. The molecule has 0 saturated heterocycles. The fourth-order valence-electron chi connectivity index (χ4n) is 2.02. The van der Waals surface area contributed by atoms with Crippen LogP contribution in [0.2, 0.25) is 0 Å². The van der Waals surface area contributed by atoms with Gasteiger partial charge in [0.2, 0.25) is 0 Å². The number of aliphatic hydroxyl groups excluding tert-OH is 1. The van der Waals surface area contributed by atoms with E-state index in [4.69, 9.17) is 40.5 Å². The van der Waals surface area contributed by atoms with Crippen molar-refractivity contribution in [1.29, 1.82) is 0 Å². The average Bonchev–Trinajstić information content (AvgIpc) is 2.66. The third-order valence-electron chi connectivity index (χ3n) is 3.01. The van der Waals surface area contributed by atoms with Crippen LogP contribution in [-0.2, 0) is 40.4 Å². The van der Waals surface area contributed by atoms with Gasteiger partial charge in [0.1, 0.15) is 0 Å². The van der Waals surface area contributed by atoms with Crippen molar-refractivity contribution in [2.75, 3.05) is 26.4 Å². The Kier molecular flexibility index (Phi) is 23.0. The number of pyridine rings is 2. The van der Waals surface area contributed by atoms with Crippen molar-refractivity contribution in [2.45, 2.75) is 13.1 Å². The molecule has 2 aromatic rings. The number of rotatable bonds is 9. The summed E-state index contributed by atoms with van der Waals surface area (Å²) in [6.07, 6.45) is 3.60. The molecule has 2 rings (SSSR count). The molecule has 2 heterocycles. The summed E-state index contributed by atoms with van der Waals surface area (Å²) in [6, 6.07) is 11.8. The molecule has 0 spiro atoms. The van der Waals surface area contributed by atoms with Crippen LogP contribution >= 0.6 is 0 Å². The standard InChI is InChI=1S/C16H21N3O2.Cu.2NO3.H2O/c20-10-12-21-11-9-19(13-15-5-1-3-7-17-15)14-16-6-2-4-8-18-16;;2*2-1(3)4;/h1-8,20H,9-14H2;;;;1H2/q;+2;2*-1;/p+1. The molecule has 177 valence electrons. The Bertz CT molecular complexity index is 624. The zero-order valence-electron chi connectivity index (χ0n) is 16.3. The van der Waals surface area contributed by atoms with Crippen LogP contribution in [0, 0.1) is 30.6 Å². The van der Waals surface area contributed by atoms with Gasteiger partial charge in [-0.1, -0.05) is 12.1 Å². The van der Waals surface area contributed by atoms with E-state index in [1.54, 1.807) is 12.4 Å². The maximum atomic E-state index is 8.74. The van der Waals surface area contributed by atoms with E-state index >= 15 is 0 Å². The van der Waals surface area contributed by atoms with Gasteiger partial charge in [-0.2, -0.15) is 0 Å². The largest absolute Gasteiger partial charge is 2.00 e. The predicted molar refractivity (Wildman–Crippen MR) is 106 cm³/mol. The molecule has 0 aliphatic heterocycles. The first-order valence-electron chi connectivity index (χ1n) is 8.19. The number of aromatic nitrogens is 2. The maximum Gasteiger partial charge on any atom is 2.00 e. The van der Waals surface area contributed by atoms with Crippen molar-refractivity contribution in [3.05, 3.63) is 90.8 Å².